The van der Waals surface area contributed by atoms with Crippen LogP contribution in [0.2, 0.25) is 0 Å². The van der Waals surface area contributed by atoms with Crippen LogP contribution in [0.3, 0.4) is 0 Å². The number of piperidine rings is 1. The molecule has 0 radical (unpaired) electrons. The molecule has 1 saturated carbocycles. The van der Waals surface area contributed by atoms with Gasteiger partial charge in [0.25, 0.3) is 0 Å². The number of fused-ring (bicyclic) bond motifs is 1. The molecule has 2 heterocycles. The highest BCUT2D eigenvalue weighted by Crippen LogP contribution is 2.47. The molecule has 2 fully saturated rings. The monoisotopic (exact) mass is 430 g/mol. The van der Waals surface area contributed by atoms with Crippen molar-refractivity contribution in [2.75, 3.05) is 18.0 Å². The minimum absolute atomic E-state index is 0.000897. The van der Waals surface area contributed by atoms with E-state index < -0.39 is 18.0 Å². The predicted octanol–water partition coefficient (Wildman–Crippen LogP) is 5.02. The van der Waals surface area contributed by atoms with E-state index in [1.807, 2.05) is 13.8 Å². The second kappa shape index (κ2) is 7.98. The Balaban J connectivity index is 1.66. The van der Waals surface area contributed by atoms with Crippen molar-refractivity contribution in [2.24, 2.45) is 16.8 Å². The Bertz CT molecular complexity index is 791. The van der Waals surface area contributed by atoms with E-state index in [9.17, 15) is 17.6 Å². The number of nitrogens with one attached hydrogen (secondary N) is 2. The van der Waals surface area contributed by atoms with Gasteiger partial charge in [0.1, 0.15) is 23.4 Å². The second-order valence-corrected chi connectivity index (χ2v) is 9.30. The van der Waals surface area contributed by atoms with Crippen LogP contribution in [0.4, 0.5) is 28.9 Å². The largest absolute Gasteiger partial charge is 0.408 e. The summed E-state index contributed by atoms with van der Waals surface area (Å²) in [6, 6.07) is 1.14. The number of nitrogens with zero attached hydrogens (tertiary/aromatic N) is 2. The molecule has 4 rings (SSSR count). The summed E-state index contributed by atoms with van der Waals surface area (Å²) in [7, 11) is 0. The maximum Gasteiger partial charge on any atom is 0.408 e. The Hall–Kier alpha value is -1.48. The first-order chi connectivity index (χ1) is 13.7. The van der Waals surface area contributed by atoms with Crippen LogP contribution >= 0.6 is 11.9 Å². The summed E-state index contributed by atoms with van der Waals surface area (Å²) in [5.74, 6) is 0.517. The molecule has 29 heavy (non-hydrogen) atoms. The molecule has 1 aromatic carbocycles. The van der Waals surface area contributed by atoms with Gasteiger partial charge in [0.2, 0.25) is 0 Å². The average Bonchev–Trinajstić information content (AvgIpc) is 3.49. The summed E-state index contributed by atoms with van der Waals surface area (Å²) in [6.07, 6.45) is -1.71. The molecule has 4 nitrogen and oxygen atoms in total. The SMILES string of the molecule is CC(C)NC[C@H]1CCN(c2cc(F)cc3c2N=C(C2CC2)NS3)[C@@H](C(F)(F)F)C1. The fraction of sp³-hybridized carbons (Fsp3) is 0.650. The van der Waals surface area contributed by atoms with E-state index in [-0.39, 0.29) is 30.6 Å². The van der Waals surface area contributed by atoms with Crippen LogP contribution in [0.5, 0.6) is 0 Å². The van der Waals surface area contributed by atoms with Crippen molar-refractivity contribution in [2.45, 2.75) is 62.7 Å². The van der Waals surface area contributed by atoms with Gasteiger partial charge in [0, 0.05) is 18.5 Å². The van der Waals surface area contributed by atoms with Gasteiger partial charge >= 0.3 is 6.18 Å². The fourth-order valence-corrected chi connectivity index (χ4v) is 4.82. The van der Waals surface area contributed by atoms with Gasteiger partial charge in [0.05, 0.1) is 10.6 Å². The van der Waals surface area contributed by atoms with Gasteiger partial charge in [0.15, 0.2) is 0 Å². The Morgan fingerprint density at radius 1 is 1.28 bits per heavy atom. The molecule has 1 aliphatic carbocycles. The summed E-state index contributed by atoms with van der Waals surface area (Å²) in [6.45, 7) is 4.76. The molecule has 0 bridgehead atoms. The van der Waals surface area contributed by atoms with Crippen LogP contribution in [0.1, 0.15) is 39.5 Å². The molecule has 2 N–H and O–H groups in total. The predicted molar refractivity (Wildman–Crippen MR) is 108 cm³/mol. The van der Waals surface area contributed by atoms with Gasteiger partial charge in [-0.3, -0.25) is 0 Å². The Morgan fingerprint density at radius 2 is 2.03 bits per heavy atom. The number of rotatable bonds is 5. The summed E-state index contributed by atoms with van der Waals surface area (Å²) in [4.78, 5) is 6.48. The van der Waals surface area contributed by atoms with E-state index in [1.165, 1.54) is 29.0 Å². The molecule has 2 aliphatic heterocycles. The minimum Gasteiger partial charge on any atom is -0.358 e. The van der Waals surface area contributed by atoms with Gasteiger partial charge in [-0.25, -0.2) is 9.38 Å². The third-order valence-corrected chi connectivity index (χ3v) is 6.54. The number of amidine groups is 1. The first-order valence-electron chi connectivity index (χ1n) is 10.1. The molecule has 1 saturated heterocycles. The maximum absolute atomic E-state index is 14.3. The van der Waals surface area contributed by atoms with Gasteiger partial charge in [-0.15, -0.1) is 0 Å². The maximum atomic E-state index is 14.3. The highest BCUT2D eigenvalue weighted by Gasteiger charge is 2.47. The normalized spacial score (nSPS) is 24.9. The summed E-state index contributed by atoms with van der Waals surface area (Å²) < 4.78 is 59.4. The standard InChI is InChI=1S/C20H26F4N4S/c1-11(2)25-10-12-5-6-28(17(7-12)20(22,23)24)15-8-14(21)9-16-18(15)26-19(27-29-16)13-3-4-13/h8-9,11-13,17,25H,3-7,10H2,1-2H3,(H,26,27)/t12-,17+/m0/s1. The molecule has 0 aromatic heterocycles. The first-order valence-corrected chi connectivity index (χ1v) is 11.0. The lowest BCUT2D eigenvalue weighted by atomic mass is 9.89. The van der Waals surface area contributed by atoms with Crippen molar-refractivity contribution in [1.29, 1.82) is 0 Å². The number of aliphatic imine (C=N–C) groups is 1. The van der Waals surface area contributed by atoms with Gasteiger partial charge < -0.3 is 14.9 Å². The first kappa shape index (κ1) is 20.8. The molecule has 0 unspecified atom stereocenters. The van der Waals surface area contributed by atoms with E-state index in [1.54, 1.807) is 0 Å². The minimum atomic E-state index is -4.39. The molecule has 3 aliphatic rings. The number of benzene rings is 1. The van der Waals surface area contributed by atoms with E-state index in [4.69, 9.17) is 0 Å². The summed E-state index contributed by atoms with van der Waals surface area (Å²) in [5, 5.41) is 3.25. The lowest BCUT2D eigenvalue weighted by Gasteiger charge is -2.42. The van der Waals surface area contributed by atoms with Crippen LogP contribution in [0.15, 0.2) is 22.0 Å². The Kier molecular flexibility index (Phi) is 5.72. The van der Waals surface area contributed by atoms with E-state index in [0.717, 1.165) is 18.7 Å². The number of halogens is 4. The third-order valence-electron chi connectivity index (χ3n) is 5.69. The topological polar surface area (TPSA) is 39.7 Å². The van der Waals surface area contributed by atoms with E-state index >= 15 is 0 Å². The van der Waals surface area contributed by atoms with Gasteiger partial charge in [-0.1, -0.05) is 13.8 Å². The van der Waals surface area contributed by atoms with Crippen molar-refractivity contribution in [3.05, 3.63) is 17.9 Å². The third kappa shape index (κ3) is 4.66. The van der Waals surface area contributed by atoms with Crippen molar-refractivity contribution >= 4 is 29.2 Å². The molecule has 160 valence electrons. The summed E-state index contributed by atoms with van der Waals surface area (Å²) >= 11 is 1.24. The lowest BCUT2D eigenvalue weighted by Crippen LogP contribution is -2.52. The van der Waals surface area contributed by atoms with Crippen LogP contribution in [-0.2, 0) is 0 Å². The van der Waals surface area contributed by atoms with Crippen LogP contribution in [0, 0.1) is 17.7 Å². The van der Waals surface area contributed by atoms with Crippen LogP contribution in [-0.4, -0.2) is 37.2 Å². The Labute approximate surface area is 172 Å². The smallest absolute Gasteiger partial charge is 0.358 e. The van der Waals surface area contributed by atoms with Crippen molar-refractivity contribution in [1.82, 2.24) is 10.0 Å². The van der Waals surface area contributed by atoms with Crippen molar-refractivity contribution < 1.29 is 17.6 Å². The van der Waals surface area contributed by atoms with E-state index in [2.05, 4.69) is 15.0 Å². The average molecular weight is 431 g/mol. The Morgan fingerprint density at radius 3 is 2.69 bits per heavy atom. The molecule has 9 heteroatoms. The summed E-state index contributed by atoms with van der Waals surface area (Å²) in [5.41, 5.74) is 0.717. The number of alkyl halides is 3. The highest BCUT2D eigenvalue weighted by atomic mass is 32.2. The zero-order valence-electron chi connectivity index (χ0n) is 16.5. The van der Waals surface area contributed by atoms with Crippen molar-refractivity contribution in [3.63, 3.8) is 0 Å². The van der Waals surface area contributed by atoms with Gasteiger partial charge in [-0.2, -0.15) is 13.2 Å². The van der Waals surface area contributed by atoms with E-state index in [0.29, 0.717) is 29.5 Å². The quantitative estimate of drug-likeness (QED) is 0.508. The highest BCUT2D eigenvalue weighted by molar-refractivity contribution is 7.98. The van der Waals surface area contributed by atoms with Gasteiger partial charge in [-0.05, 0) is 62.2 Å². The second-order valence-electron chi connectivity index (χ2n) is 8.45. The molecular formula is C20H26F4N4S. The number of anilines is 1. The molecular weight excluding hydrogens is 404 g/mol. The zero-order chi connectivity index (χ0) is 20.8. The molecule has 1 aromatic rings. The zero-order valence-corrected chi connectivity index (χ0v) is 17.3. The number of hydrogen-bond donors (Lipinski definition) is 2. The molecule has 0 amide bonds. The van der Waals surface area contributed by atoms with Crippen molar-refractivity contribution in [3.8, 4) is 0 Å². The number of hydrogen-bond acceptors (Lipinski definition) is 5. The molecule has 0 spiro atoms. The lowest BCUT2D eigenvalue weighted by molar-refractivity contribution is -0.155. The molecule has 2 atom stereocenters. The van der Waals surface area contributed by atoms with Crippen LogP contribution in [0.25, 0.3) is 0 Å². The van der Waals surface area contributed by atoms with Crippen LogP contribution < -0.4 is 14.9 Å². The fourth-order valence-electron chi connectivity index (χ4n) is 3.98.